The molecule has 1 N–H and O–H groups in total. The molecular formula is C22H22FNO2. The van der Waals surface area contributed by atoms with Crippen LogP contribution in [0.15, 0.2) is 66.7 Å². The predicted molar refractivity (Wildman–Crippen MR) is 102 cm³/mol. The number of methoxy groups -OCH3 is 1. The van der Waals surface area contributed by atoms with Gasteiger partial charge in [-0.05, 0) is 54.4 Å². The van der Waals surface area contributed by atoms with E-state index in [9.17, 15) is 4.39 Å². The van der Waals surface area contributed by atoms with Gasteiger partial charge >= 0.3 is 0 Å². The Morgan fingerprint density at radius 3 is 2.23 bits per heavy atom. The van der Waals surface area contributed by atoms with Crippen molar-refractivity contribution in [1.29, 1.82) is 0 Å². The van der Waals surface area contributed by atoms with Crippen molar-refractivity contribution in [3.63, 3.8) is 0 Å². The van der Waals surface area contributed by atoms with Crippen LogP contribution in [0.25, 0.3) is 0 Å². The number of hydrogen-bond acceptors (Lipinski definition) is 3. The number of aryl methyl sites for hydroxylation is 1. The topological polar surface area (TPSA) is 30.5 Å². The van der Waals surface area contributed by atoms with Gasteiger partial charge < -0.3 is 14.8 Å². The number of benzene rings is 3. The second-order valence-corrected chi connectivity index (χ2v) is 6.12. The summed E-state index contributed by atoms with van der Waals surface area (Å²) in [7, 11) is 1.63. The lowest BCUT2D eigenvalue weighted by Crippen LogP contribution is -2.02. The third-order valence-corrected chi connectivity index (χ3v) is 4.08. The minimum Gasteiger partial charge on any atom is -0.493 e. The molecule has 0 atom stereocenters. The van der Waals surface area contributed by atoms with E-state index in [1.54, 1.807) is 19.2 Å². The molecule has 0 aliphatic carbocycles. The van der Waals surface area contributed by atoms with Crippen LogP contribution in [0.5, 0.6) is 11.5 Å². The van der Waals surface area contributed by atoms with Gasteiger partial charge in [-0.2, -0.15) is 0 Å². The van der Waals surface area contributed by atoms with Crippen LogP contribution < -0.4 is 14.8 Å². The van der Waals surface area contributed by atoms with Crippen LogP contribution in [0.2, 0.25) is 0 Å². The molecule has 0 fully saturated rings. The molecule has 4 heteroatoms. The molecule has 0 aromatic heterocycles. The van der Waals surface area contributed by atoms with Crippen LogP contribution in [0, 0.1) is 12.7 Å². The monoisotopic (exact) mass is 351 g/mol. The Morgan fingerprint density at radius 1 is 0.846 bits per heavy atom. The molecule has 3 aromatic rings. The van der Waals surface area contributed by atoms with Gasteiger partial charge in [-0.25, -0.2) is 4.39 Å². The zero-order chi connectivity index (χ0) is 18.4. The van der Waals surface area contributed by atoms with Crippen LogP contribution in [0.3, 0.4) is 0 Å². The van der Waals surface area contributed by atoms with E-state index in [-0.39, 0.29) is 5.82 Å². The first-order valence-corrected chi connectivity index (χ1v) is 8.49. The Kier molecular flexibility index (Phi) is 5.74. The quantitative estimate of drug-likeness (QED) is 0.624. The highest BCUT2D eigenvalue weighted by atomic mass is 19.1. The molecule has 3 aromatic carbocycles. The van der Waals surface area contributed by atoms with Crippen molar-refractivity contribution in [3.05, 3.63) is 89.2 Å². The van der Waals surface area contributed by atoms with E-state index in [2.05, 4.69) is 36.5 Å². The molecule has 3 nitrogen and oxygen atoms in total. The maximum atomic E-state index is 12.9. The Balaban J connectivity index is 1.63. The van der Waals surface area contributed by atoms with Crippen LogP contribution in [0.1, 0.15) is 16.7 Å². The molecule has 0 heterocycles. The molecule has 0 saturated heterocycles. The summed E-state index contributed by atoms with van der Waals surface area (Å²) in [6, 6.07) is 20.4. The first-order valence-electron chi connectivity index (χ1n) is 8.49. The Labute approximate surface area is 153 Å². The molecule has 0 aliphatic rings. The van der Waals surface area contributed by atoms with Gasteiger partial charge in [0.2, 0.25) is 0 Å². The fraction of sp³-hybridized carbons (Fsp3) is 0.182. The average Bonchev–Trinajstić information content (AvgIpc) is 2.67. The molecule has 0 radical (unpaired) electrons. The van der Waals surface area contributed by atoms with Crippen molar-refractivity contribution in [2.24, 2.45) is 0 Å². The second-order valence-electron chi connectivity index (χ2n) is 6.12. The van der Waals surface area contributed by atoms with E-state index >= 15 is 0 Å². The summed E-state index contributed by atoms with van der Waals surface area (Å²) >= 11 is 0. The summed E-state index contributed by atoms with van der Waals surface area (Å²) < 4.78 is 24.3. The molecule has 0 saturated carbocycles. The van der Waals surface area contributed by atoms with Crippen molar-refractivity contribution < 1.29 is 13.9 Å². The van der Waals surface area contributed by atoms with E-state index in [0.29, 0.717) is 24.7 Å². The minimum atomic E-state index is -0.243. The van der Waals surface area contributed by atoms with Crippen LogP contribution in [-0.4, -0.2) is 7.11 Å². The van der Waals surface area contributed by atoms with Crippen molar-refractivity contribution in [2.75, 3.05) is 12.4 Å². The lowest BCUT2D eigenvalue weighted by molar-refractivity contribution is 0.284. The maximum Gasteiger partial charge on any atom is 0.161 e. The van der Waals surface area contributed by atoms with Gasteiger partial charge in [-0.15, -0.1) is 0 Å². The lowest BCUT2D eigenvalue weighted by atomic mass is 10.1. The van der Waals surface area contributed by atoms with Gasteiger partial charge in [0.05, 0.1) is 7.11 Å². The van der Waals surface area contributed by atoms with E-state index in [4.69, 9.17) is 9.47 Å². The van der Waals surface area contributed by atoms with Gasteiger partial charge in [-0.1, -0.05) is 35.9 Å². The molecular weight excluding hydrogens is 329 g/mol. The molecule has 0 spiro atoms. The second kappa shape index (κ2) is 8.39. The van der Waals surface area contributed by atoms with Gasteiger partial charge in [0.1, 0.15) is 12.4 Å². The highest BCUT2D eigenvalue weighted by Gasteiger charge is 2.07. The number of nitrogens with one attached hydrogen (secondary N) is 1. The fourth-order valence-electron chi connectivity index (χ4n) is 2.56. The first-order chi connectivity index (χ1) is 12.6. The number of ether oxygens (including phenoxy) is 2. The van der Waals surface area contributed by atoms with E-state index in [1.165, 1.54) is 17.7 Å². The molecule has 0 unspecified atom stereocenters. The van der Waals surface area contributed by atoms with Gasteiger partial charge in [0, 0.05) is 12.2 Å². The minimum absolute atomic E-state index is 0.243. The third kappa shape index (κ3) is 4.76. The molecule has 134 valence electrons. The maximum absolute atomic E-state index is 12.9. The zero-order valence-electron chi connectivity index (χ0n) is 15.0. The smallest absolute Gasteiger partial charge is 0.161 e. The highest BCUT2D eigenvalue weighted by molar-refractivity contribution is 5.47. The Bertz CT molecular complexity index is 845. The van der Waals surface area contributed by atoms with Crippen molar-refractivity contribution >= 4 is 5.69 Å². The van der Waals surface area contributed by atoms with Crippen molar-refractivity contribution in [1.82, 2.24) is 0 Å². The summed E-state index contributed by atoms with van der Waals surface area (Å²) in [5, 5.41) is 3.26. The van der Waals surface area contributed by atoms with Crippen molar-refractivity contribution in [3.8, 4) is 11.5 Å². The molecule has 26 heavy (non-hydrogen) atoms. The number of anilines is 1. The Hall–Kier alpha value is -3.01. The summed E-state index contributed by atoms with van der Waals surface area (Å²) in [5.41, 5.74) is 4.25. The van der Waals surface area contributed by atoms with Crippen molar-refractivity contribution in [2.45, 2.75) is 20.1 Å². The molecule has 0 bridgehead atoms. The molecule has 0 aliphatic heterocycles. The predicted octanol–water partition coefficient (Wildman–Crippen LogP) is 5.33. The third-order valence-electron chi connectivity index (χ3n) is 4.08. The van der Waals surface area contributed by atoms with E-state index in [0.717, 1.165) is 16.8 Å². The summed E-state index contributed by atoms with van der Waals surface area (Å²) in [4.78, 5) is 0. The van der Waals surface area contributed by atoms with Crippen LogP contribution in [-0.2, 0) is 13.2 Å². The molecule has 3 rings (SSSR count). The Morgan fingerprint density at radius 2 is 1.54 bits per heavy atom. The average molecular weight is 351 g/mol. The van der Waals surface area contributed by atoms with Crippen LogP contribution >= 0.6 is 0 Å². The SMILES string of the molecule is COc1cc(CNc2ccc(F)cc2)ccc1OCc1ccc(C)cc1. The lowest BCUT2D eigenvalue weighted by Gasteiger charge is -2.13. The standard InChI is InChI=1S/C22H22FNO2/c1-16-3-5-17(6-4-16)15-26-21-12-7-18(13-22(21)25-2)14-24-20-10-8-19(23)9-11-20/h3-13,24H,14-15H2,1-2H3. The number of rotatable bonds is 7. The summed E-state index contributed by atoms with van der Waals surface area (Å²) in [6.07, 6.45) is 0. The number of hydrogen-bond donors (Lipinski definition) is 1. The van der Waals surface area contributed by atoms with E-state index < -0.39 is 0 Å². The summed E-state index contributed by atoms with van der Waals surface area (Å²) in [5.74, 6) is 1.15. The normalized spacial score (nSPS) is 10.4. The zero-order valence-corrected chi connectivity index (χ0v) is 15.0. The van der Waals surface area contributed by atoms with E-state index in [1.807, 2.05) is 18.2 Å². The largest absolute Gasteiger partial charge is 0.493 e. The summed E-state index contributed by atoms with van der Waals surface area (Å²) in [6.45, 7) is 3.16. The first kappa shape index (κ1) is 17.8. The highest BCUT2D eigenvalue weighted by Crippen LogP contribution is 2.29. The number of halogens is 1. The fourth-order valence-corrected chi connectivity index (χ4v) is 2.56. The van der Waals surface area contributed by atoms with Gasteiger partial charge in [-0.3, -0.25) is 0 Å². The van der Waals surface area contributed by atoms with Crippen LogP contribution in [0.4, 0.5) is 10.1 Å². The molecule has 0 amide bonds. The van der Waals surface area contributed by atoms with Gasteiger partial charge in [0.15, 0.2) is 11.5 Å². The van der Waals surface area contributed by atoms with Gasteiger partial charge in [0.25, 0.3) is 0 Å².